The molecule has 5 heteroatoms. The van der Waals surface area contributed by atoms with E-state index in [9.17, 15) is 4.79 Å². The zero-order valence-electron chi connectivity index (χ0n) is 9.34. The number of aromatic nitrogens is 1. The molecular formula is C11H15NO4. The Morgan fingerprint density at radius 3 is 2.88 bits per heavy atom. The average Bonchev–Trinajstić information content (AvgIpc) is 2.31. The van der Waals surface area contributed by atoms with Gasteiger partial charge in [0.05, 0.1) is 6.10 Å². The Balaban J connectivity index is 2.60. The summed E-state index contributed by atoms with van der Waals surface area (Å²) in [5.41, 5.74) is -0.0250. The van der Waals surface area contributed by atoms with Crippen LogP contribution >= 0.6 is 0 Å². The molecule has 0 saturated carbocycles. The van der Waals surface area contributed by atoms with Gasteiger partial charge in [0.1, 0.15) is 6.61 Å². The Bertz CT molecular complexity index is 350. The molecule has 5 nitrogen and oxygen atoms in total. The van der Waals surface area contributed by atoms with Crippen molar-refractivity contribution in [1.29, 1.82) is 0 Å². The highest BCUT2D eigenvalue weighted by atomic mass is 16.5. The summed E-state index contributed by atoms with van der Waals surface area (Å²) in [6.45, 7) is 2.35. The molecule has 88 valence electrons. The number of ether oxygens (including phenoxy) is 2. The van der Waals surface area contributed by atoms with E-state index in [1.165, 1.54) is 6.07 Å². The number of carboxylic acid groups (broad SMARTS) is 1. The molecule has 16 heavy (non-hydrogen) atoms. The lowest BCUT2D eigenvalue weighted by Gasteiger charge is -2.13. The van der Waals surface area contributed by atoms with Crippen molar-refractivity contribution in [2.24, 2.45) is 0 Å². The third kappa shape index (κ3) is 3.51. The Labute approximate surface area is 94.0 Å². The predicted octanol–water partition coefficient (Wildman–Crippen LogP) is 1.58. The van der Waals surface area contributed by atoms with Crippen LogP contribution in [0.5, 0.6) is 5.88 Å². The normalized spacial score (nSPS) is 12.1. The molecule has 1 atom stereocenters. The second-order valence-corrected chi connectivity index (χ2v) is 3.24. The lowest BCUT2D eigenvalue weighted by Crippen LogP contribution is -2.19. The van der Waals surface area contributed by atoms with E-state index in [1.807, 2.05) is 6.92 Å². The molecular weight excluding hydrogens is 210 g/mol. The van der Waals surface area contributed by atoms with Crippen LogP contribution in [-0.4, -0.2) is 35.9 Å². The monoisotopic (exact) mass is 225 g/mol. The van der Waals surface area contributed by atoms with Crippen LogP contribution in [0.15, 0.2) is 18.2 Å². The number of carboxylic acids is 1. The van der Waals surface area contributed by atoms with Crippen LogP contribution in [0.2, 0.25) is 0 Å². The van der Waals surface area contributed by atoms with Crippen molar-refractivity contribution in [2.75, 3.05) is 13.7 Å². The first-order chi connectivity index (χ1) is 7.67. The third-order valence-corrected chi connectivity index (χ3v) is 2.15. The summed E-state index contributed by atoms with van der Waals surface area (Å²) in [6.07, 6.45) is 0.824. The Morgan fingerprint density at radius 1 is 1.56 bits per heavy atom. The molecule has 0 unspecified atom stereocenters. The van der Waals surface area contributed by atoms with Crippen LogP contribution in [0.4, 0.5) is 0 Å². The van der Waals surface area contributed by atoms with Crippen molar-refractivity contribution in [3.05, 3.63) is 23.9 Å². The minimum atomic E-state index is -1.07. The number of pyridine rings is 1. The molecule has 0 fully saturated rings. The van der Waals surface area contributed by atoms with Crippen LogP contribution in [0.3, 0.4) is 0 Å². The molecule has 0 bridgehead atoms. The summed E-state index contributed by atoms with van der Waals surface area (Å²) in [4.78, 5) is 14.5. The van der Waals surface area contributed by atoms with E-state index in [4.69, 9.17) is 14.6 Å². The van der Waals surface area contributed by atoms with Gasteiger partial charge in [-0.25, -0.2) is 9.78 Å². The van der Waals surface area contributed by atoms with Gasteiger partial charge in [-0.1, -0.05) is 13.0 Å². The van der Waals surface area contributed by atoms with Crippen molar-refractivity contribution in [1.82, 2.24) is 4.98 Å². The van der Waals surface area contributed by atoms with Crippen LogP contribution in [0.25, 0.3) is 0 Å². The van der Waals surface area contributed by atoms with E-state index >= 15 is 0 Å². The highest BCUT2D eigenvalue weighted by Crippen LogP contribution is 2.09. The summed E-state index contributed by atoms with van der Waals surface area (Å²) >= 11 is 0. The number of hydrogen-bond acceptors (Lipinski definition) is 4. The first kappa shape index (κ1) is 12.4. The highest BCUT2D eigenvalue weighted by molar-refractivity contribution is 5.85. The molecule has 1 aromatic heterocycles. The van der Waals surface area contributed by atoms with Gasteiger partial charge in [-0.3, -0.25) is 0 Å². The van der Waals surface area contributed by atoms with E-state index < -0.39 is 5.97 Å². The molecule has 0 amide bonds. The second kappa shape index (κ2) is 6.07. The standard InChI is InChI=1S/C11H15NO4/c1-3-8(15-2)7-16-10-6-4-5-9(12-10)11(13)14/h4-6,8H,3,7H2,1-2H3,(H,13,14)/t8-/m0/s1. The minimum absolute atomic E-state index is 0.00437. The first-order valence-corrected chi connectivity index (χ1v) is 5.03. The van der Waals surface area contributed by atoms with Gasteiger partial charge in [-0.15, -0.1) is 0 Å². The molecule has 0 aliphatic carbocycles. The van der Waals surface area contributed by atoms with Gasteiger partial charge in [0.2, 0.25) is 5.88 Å². The molecule has 1 rings (SSSR count). The molecule has 0 aliphatic rings. The predicted molar refractivity (Wildman–Crippen MR) is 57.8 cm³/mol. The Kier molecular flexibility index (Phi) is 4.72. The number of hydrogen-bond donors (Lipinski definition) is 1. The van der Waals surface area contributed by atoms with Crippen LogP contribution < -0.4 is 4.74 Å². The fraction of sp³-hybridized carbons (Fsp3) is 0.455. The van der Waals surface area contributed by atoms with Crippen LogP contribution in [0.1, 0.15) is 23.8 Å². The van der Waals surface area contributed by atoms with Gasteiger partial charge in [0, 0.05) is 13.2 Å². The second-order valence-electron chi connectivity index (χ2n) is 3.24. The summed E-state index contributed by atoms with van der Waals surface area (Å²) in [5, 5.41) is 8.74. The Morgan fingerprint density at radius 2 is 2.31 bits per heavy atom. The maximum atomic E-state index is 10.7. The molecule has 1 heterocycles. The van der Waals surface area contributed by atoms with Crippen molar-refractivity contribution in [3.8, 4) is 5.88 Å². The largest absolute Gasteiger partial charge is 0.477 e. The van der Waals surface area contributed by atoms with Crippen molar-refractivity contribution in [3.63, 3.8) is 0 Å². The van der Waals surface area contributed by atoms with Crippen LogP contribution in [0, 0.1) is 0 Å². The number of aromatic carboxylic acids is 1. The molecule has 0 radical (unpaired) electrons. The molecule has 0 spiro atoms. The average molecular weight is 225 g/mol. The minimum Gasteiger partial charge on any atom is -0.477 e. The zero-order chi connectivity index (χ0) is 12.0. The zero-order valence-corrected chi connectivity index (χ0v) is 9.34. The van der Waals surface area contributed by atoms with Crippen molar-refractivity contribution in [2.45, 2.75) is 19.4 Å². The maximum Gasteiger partial charge on any atom is 0.354 e. The summed E-state index contributed by atoms with van der Waals surface area (Å²) in [7, 11) is 1.61. The van der Waals surface area contributed by atoms with E-state index in [1.54, 1.807) is 19.2 Å². The molecule has 0 aromatic carbocycles. The first-order valence-electron chi connectivity index (χ1n) is 5.03. The van der Waals surface area contributed by atoms with Gasteiger partial charge < -0.3 is 14.6 Å². The van der Waals surface area contributed by atoms with Crippen molar-refractivity contribution >= 4 is 5.97 Å². The quantitative estimate of drug-likeness (QED) is 0.796. The molecule has 0 saturated heterocycles. The maximum absolute atomic E-state index is 10.7. The van der Waals surface area contributed by atoms with Gasteiger partial charge in [-0.05, 0) is 12.5 Å². The Hall–Kier alpha value is -1.62. The highest BCUT2D eigenvalue weighted by Gasteiger charge is 2.08. The third-order valence-electron chi connectivity index (χ3n) is 2.15. The van der Waals surface area contributed by atoms with E-state index in [0.29, 0.717) is 12.5 Å². The van der Waals surface area contributed by atoms with E-state index in [0.717, 1.165) is 6.42 Å². The molecule has 1 aromatic rings. The SMILES string of the molecule is CC[C@@H](COc1cccc(C(=O)O)n1)OC. The molecule has 0 aliphatic heterocycles. The van der Waals surface area contributed by atoms with Gasteiger partial charge in [-0.2, -0.15) is 0 Å². The van der Waals surface area contributed by atoms with Crippen molar-refractivity contribution < 1.29 is 19.4 Å². The summed E-state index contributed by atoms with van der Waals surface area (Å²) in [5.74, 6) is -0.764. The van der Waals surface area contributed by atoms with Gasteiger partial charge >= 0.3 is 5.97 Å². The fourth-order valence-corrected chi connectivity index (χ4v) is 1.15. The summed E-state index contributed by atoms with van der Waals surface area (Å²) in [6, 6.07) is 4.64. The number of methoxy groups -OCH3 is 1. The lowest BCUT2D eigenvalue weighted by atomic mass is 10.3. The molecule has 1 N–H and O–H groups in total. The fourth-order valence-electron chi connectivity index (χ4n) is 1.15. The number of rotatable bonds is 6. The van der Waals surface area contributed by atoms with Crippen LogP contribution in [-0.2, 0) is 4.74 Å². The smallest absolute Gasteiger partial charge is 0.354 e. The van der Waals surface area contributed by atoms with Gasteiger partial charge in [0.25, 0.3) is 0 Å². The number of nitrogens with zero attached hydrogens (tertiary/aromatic N) is 1. The topological polar surface area (TPSA) is 68.7 Å². The lowest BCUT2D eigenvalue weighted by molar-refractivity contribution is 0.0536. The number of carbonyl (C=O) groups is 1. The van der Waals surface area contributed by atoms with E-state index in [-0.39, 0.29) is 11.8 Å². The van der Waals surface area contributed by atoms with Gasteiger partial charge in [0.15, 0.2) is 5.69 Å². The summed E-state index contributed by atoms with van der Waals surface area (Å²) < 4.78 is 10.5. The van der Waals surface area contributed by atoms with E-state index in [2.05, 4.69) is 4.98 Å².